The number of hydrogen-bond donors (Lipinski definition) is 1. The summed E-state index contributed by atoms with van der Waals surface area (Å²) in [5.41, 5.74) is 0. The SMILES string of the molecule is CCNC(=NCC1CCCN1C)N1CCS(=O)(=O)C(C)(C)C1. The Labute approximate surface area is 134 Å². The lowest BCUT2D eigenvalue weighted by Crippen LogP contribution is -2.57. The van der Waals surface area contributed by atoms with Gasteiger partial charge in [0.25, 0.3) is 0 Å². The molecule has 0 bridgehead atoms. The molecule has 0 aromatic rings. The van der Waals surface area contributed by atoms with E-state index in [1.165, 1.54) is 12.8 Å². The van der Waals surface area contributed by atoms with Gasteiger partial charge in [0.1, 0.15) is 0 Å². The predicted molar refractivity (Wildman–Crippen MR) is 91.1 cm³/mol. The molecule has 1 unspecified atom stereocenters. The van der Waals surface area contributed by atoms with Gasteiger partial charge in [0.2, 0.25) is 0 Å². The number of nitrogens with one attached hydrogen (secondary N) is 1. The molecule has 0 amide bonds. The molecule has 2 aliphatic rings. The molecule has 2 aliphatic heterocycles. The minimum absolute atomic E-state index is 0.202. The van der Waals surface area contributed by atoms with Crippen molar-refractivity contribution in [3.05, 3.63) is 0 Å². The largest absolute Gasteiger partial charge is 0.357 e. The first-order chi connectivity index (χ1) is 10.3. The summed E-state index contributed by atoms with van der Waals surface area (Å²) < 4.78 is 23.6. The van der Waals surface area contributed by atoms with Crippen LogP contribution in [0.25, 0.3) is 0 Å². The van der Waals surface area contributed by atoms with Gasteiger partial charge in [-0.1, -0.05) is 0 Å². The maximum atomic E-state index is 12.1. The van der Waals surface area contributed by atoms with Crippen molar-refractivity contribution >= 4 is 15.8 Å². The highest BCUT2D eigenvalue weighted by Gasteiger charge is 2.41. The number of likely N-dealkylation sites (N-methyl/N-ethyl adjacent to an activating group) is 1. The second-order valence-corrected chi connectivity index (χ2v) is 9.71. The Morgan fingerprint density at radius 1 is 1.36 bits per heavy atom. The average Bonchev–Trinajstić information content (AvgIpc) is 2.83. The molecule has 2 saturated heterocycles. The van der Waals surface area contributed by atoms with Gasteiger partial charge in [0.05, 0.1) is 17.0 Å². The van der Waals surface area contributed by atoms with E-state index in [2.05, 4.69) is 22.2 Å². The van der Waals surface area contributed by atoms with Crippen molar-refractivity contribution in [3.8, 4) is 0 Å². The Kier molecular flexibility index (Phi) is 5.37. The summed E-state index contributed by atoms with van der Waals surface area (Å²) in [6.07, 6.45) is 2.43. The van der Waals surface area contributed by atoms with Crippen molar-refractivity contribution in [1.82, 2.24) is 15.1 Å². The summed E-state index contributed by atoms with van der Waals surface area (Å²) >= 11 is 0. The quantitative estimate of drug-likeness (QED) is 0.605. The number of rotatable bonds is 3. The van der Waals surface area contributed by atoms with Crippen molar-refractivity contribution < 1.29 is 8.42 Å². The van der Waals surface area contributed by atoms with Gasteiger partial charge in [-0.15, -0.1) is 0 Å². The molecule has 7 heteroatoms. The minimum atomic E-state index is -3.01. The van der Waals surface area contributed by atoms with Crippen molar-refractivity contribution in [1.29, 1.82) is 0 Å². The third-order valence-corrected chi connectivity index (χ3v) is 7.33. The third-order valence-electron chi connectivity index (χ3n) is 4.80. The van der Waals surface area contributed by atoms with Gasteiger partial charge in [-0.25, -0.2) is 8.42 Å². The predicted octanol–water partition coefficient (Wildman–Crippen LogP) is 0.555. The molecular formula is C15H30N4O2S. The van der Waals surface area contributed by atoms with Crippen LogP contribution in [0.3, 0.4) is 0 Å². The van der Waals surface area contributed by atoms with Crippen LogP contribution in [0.4, 0.5) is 0 Å². The summed E-state index contributed by atoms with van der Waals surface area (Å²) in [7, 11) is -0.865. The molecule has 6 nitrogen and oxygen atoms in total. The maximum absolute atomic E-state index is 12.1. The standard InChI is InChI=1S/C15H30N4O2S/c1-5-16-14(17-11-13-7-6-8-18(13)4)19-9-10-22(20,21)15(2,3)12-19/h13H,5-12H2,1-4H3,(H,16,17). The molecule has 128 valence electrons. The first-order valence-electron chi connectivity index (χ1n) is 8.22. The molecule has 0 aromatic carbocycles. The first kappa shape index (κ1) is 17.5. The van der Waals surface area contributed by atoms with E-state index in [4.69, 9.17) is 4.99 Å². The van der Waals surface area contributed by atoms with E-state index in [0.717, 1.165) is 25.6 Å². The lowest BCUT2D eigenvalue weighted by Gasteiger charge is -2.39. The molecular weight excluding hydrogens is 300 g/mol. The molecule has 1 atom stereocenters. The number of aliphatic imine (C=N–C) groups is 1. The fraction of sp³-hybridized carbons (Fsp3) is 0.933. The summed E-state index contributed by atoms with van der Waals surface area (Å²) in [6, 6.07) is 0.509. The Morgan fingerprint density at radius 3 is 2.64 bits per heavy atom. The molecule has 2 heterocycles. The Balaban J connectivity index is 2.07. The van der Waals surface area contributed by atoms with Crippen molar-refractivity contribution in [2.75, 3.05) is 45.5 Å². The van der Waals surface area contributed by atoms with Gasteiger partial charge in [-0.3, -0.25) is 4.99 Å². The third kappa shape index (κ3) is 3.74. The Morgan fingerprint density at radius 2 is 2.09 bits per heavy atom. The molecule has 0 radical (unpaired) electrons. The second kappa shape index (κ2) is 6.74. The zero-order valence-corrected chi connectivity index (χ0v) is 15.1. The van der Waals surface area contributed by atoms with E-state index in [9.17, 15) is 8.42 Å². The van der Waals surface area contributed by atoms with E-state index in [1.54, 1.807) is 0 Å². The van der Waals surface area contributed by atoms with Gasteiger partial charge in [0, 0.05) is 25.7 Å². The van der Waals surface area contributed by atoms with Gasteiger partial charge in [-0.2, -0.15) is 0 Å². The van der Waals surface area contributed by atoms with Crippen LogP contribution < -0.4 is 5.32 Å². The van der Waals surface area contributed by atoms with E-state index in [1.807, 2.05) is 20.8 Å². The molecule has 0 spiro atoms. The highest BCUT2D eigenvalue weighted by Crippen LogP contribution is 2.24. The molecule has 0 aliphatic carbocycles. The molecule has 0 saturated carbocycles. The van der Waals surface area contributed by atoms with Crippen LogP contribution in [0.2, 0.25) is 0 Å². The van der Waals surface area contributed by atoms with Crippen molar-refractivity contribution in [2.24, 2.45) is 4.99 Å². The van der Waals surface area contributed by atoms with Crippen LogP contribution in [0.15, 0.2) is 4.99 Å². The van der Waals surface area contributed by atoms with Crippen LogP contribution in [0.5, 0.6) is 0 Å². The lowest BCUT2D eigenvalue weighted by molar-refractivity contribution is 0.313. The van der Waals surface area contributed by atoms with Gasteiger partial charge >= 0.3 is 0 Å². The summed E-state index contributed by atoms with van der Waals surface area (Å²) in [4.78, 5) is 9.23. The van der Waals surface area contributed by atoms with Crippen molar-refractivity contribution in [3.63, 3.8) is 0 Å². The topological polar surface area (TPSA) is 65.0 Å². The summed E-state index contributed by atoms with van der Waals surface area (Å²) in [6.45, 7) is 9.41. The number of nitrogens with zero attached hydrogens (tertiary/aromatic N) is 3. The number of hydrogen-bond acceptors (Lipinski definition) is 4. The van der Waals surface area contributed by atoms with E-state index >= 15 is 0 Å². The van der Waals surface area contributed by atoms with Gasteiger partial charge in [0.15, 0.2) is 15.8 Å². The van der Waals surface area contributed by atoms with Crippen LogP contribution in [0.1, 0.15) is 33.6 Å². The Hall–Kier alpha value is -0.820. The summed E-state index contributed by atoms with van der Waals surface area (Å²) in [5.74, 6) is 1.05. The molecule has 1 N–H and O–H groups in total. The monoisotopic (exact) mass is 330 g/mol. The van der Waals surface area contributed by atoms with E-state index in [0.29, 0.717) is 19.1 Å². The minimum Gasteiger partial charge on any atom is -0.357 e. The first-order valence-corrected chi connectivity index (χ1v) is 9.88. The zero-order valence-electron chi connectivity index (χ0n) is 14.3. The highest BCUT2D eigenvalue weighted by atomic mass is 32.2. The molecule has 0 aromatic heterocycles. The van der Waals surface area contributed by atoms with Crippen molar-refractivity contribution in [2.45, 2.75) is 44.4 Å². The van der Waals surface area contributed by atoms with Crippen LogP contribution in [0, 0.1) is 0 Å². The van der Waals surface area contributed by atoms with Crippen LogP contribution in [-0.4, -0.2) is 80.5 Å². The normalized spacial score (nSPS) is 28.8. The van der Waals surface area contributed by atoms with Crippen LogP contribution >= 0.6 is 0 Å². The van der Waals surface area contributed by atoms with Gasteiger partial charge < -0.3 is 15.1 Å². The lowest BCUT2D eigenvalue weighted by atomic mass is 10.2. The number of sulfone groups is 1. The van der Waals surface area contributed by atoms with E-state index < -0.39 is 14.6 Å². The summed E-state index contributed by atoms with van der Waals surface area (Å²) in [5, 5.41) is 3.32. The molecule has 2 rings (SSSR count). The average molecular weight is 330 g/mol. The Bertz CT molecular complexity index is 516. The van der Waals surface area contributed by atoms with Gasteiger partial charge in [-0.05, 0) is 47.2 Å². The van der Waals surface area contributed by atoms with E-state index in [-0.39, 0.29) is 5.75 Å². The number of guanidine groups is 1. The fourth-order valence-corrected chi connectivity index (χ4v) is 4.52. The zero-order chi connectivity index (χ0) is 16.4. The smallest absolute Gasteiger partial charge is 0.194 e. The van der Waals surface area contributed by atoms with Crippen LogP contribution in [-0.2, 0) is 9.84 Å². The fourth-order valence-electron chi connectivity index (χ4n) is 3.15. The molecule has 22 heavy (non-hydrogen) atoms. The highest BCUT2D eigenvalue weighted by molar-refractivity contribution is 7.92. The maximum Gasteiger partial charge on any atom is 0.194 e. The molecule has 2 fully saturated rings. The number of likely N-dealkylation sites (tertiary alicyclic amines) is 1. The second-order valence-electron chi connectivity index (χ2n) is 6.97.